The van der Waals surface area contributed by atoms with Gasteiger partial charge in [-0.15, -0.1) is 0 Å². The first-order valence-electron chi connectivity index (χ1n) is 11.4. The summed E-state index contributed by atoms with van der Waals surface area (Å²) in [6.45, 7) is 12.5. The quantitative estimate of drug-likeness (QED) is 0.255. The van der Waals surface area contributed by atoms with E-state index in [1.807, 2.05) is 6.92 Å². The topological polar surface area (TPSA) is 111 Å². The maximum Gasteiger partial charge on any atom is 0.342 e. The number of nitrogens with zero attached hydrogens (tertiary/aromatic N) is 1. The summed E-state index contributed by atoms with van der Waals surface area (Å²) in [7, 11) is 0.258. The Balaban J connectivity index is 0.000000462. The molecule has 0 aliphatic heterocycles. The molecule has 2 aromatic carbocycles. The van der Waals surface area contributed by atoms with Crippen molar-refractivity contribution in [1.82, 2.24) is 0 Å². The van der Waals surface area contributed by atoms with E-state index in [0.29, 0.717) is 29.4 Å². The molecule has 196 valence electrons. The second-order valence-electron chi connectivity index (χ2n) is 7.80. The van der Waals surface area contributed by atoms with Gasteiger partial charge in [-0.1, -0.05) is 17.7 Å². The number of hydrogen-bond acceptors (Lipinski definition) is 8. The molecule has 0 bridgehead atoms. The van der Waals surface area contributed by atoms with Crippen LogP contribution in [-0.4, -0.2) is 77.5 Å². The van der Waals surface area contributed by atoms with E-state index >= 15 is 0 Å². The van der Waals surface area contributed by atoms with E-state index in [-0.39, 0.29) is 4.90 Å². The molecule has 10 heteroatoms. The van der Waals surface area contributed by atoms with E-state index in [0.717, 1.165) is 36.2 Å². The number of aryl methyl sites for hydroxylation is 1. The van der Waals surface area contributed by atoms with Gasteiger partial charge in [0.15, 0.2) is 11.5 Å². The van der Waals surface area contributed by atoms with Crippen LogP contribution in [0.15, 0.2) is 41.3 Å². The summed E-state index contributed by atoms with van der Waals surface area (Å²) < 4.78 is 53.4. The highest BCUT2D eigenvalue weighted by Gasteiger charge is 2.24. The summed E-state index contributed by atoms with van der Waals surface area (Å²) in [5, 5.41) is 0. The molecule has 0 saturated carbocycles. The van der Waals surface area contributed by atoms with Gasteiger partial charge in [-0.25, -0.2) is 13.2 Å². The molecule has 0 heterocycles. The molecular weight excluding hydrogens is 474 g/mol. The van der Waals surface area contributed by atoms with E-state index in [1.54, 1.807) is 24.3 Å². The van der Waals surface area contributed by atoms with Gasteiger partial charge in [0.05, 0.1) is 45.9 Å². The predicted octanol–water partition coefficient (Wildman–Crippen LogP) is 3.64. The number of quaternary nitrogens is 1. The molecule has 0 saturated heterocycles. The first kappa shape index (κ1) is 30.2. The number of methoxy groups -OCH3 is 3. The fourth-order valence-corrected chi connectivity index (χ4v) is 3.99. The lowest BCUT2D eigenvalue weighted by atomic mass is 10.1. The van der Waals surface area contributed by atoms with Crippen molar-refractivity contribution >= 4 is 16.1 Å². The molecule has 0 radical (unpaired) electrons. The Morgan fingerprint density at radius 1 is 0.857 bits per heavy atom. The van der Waals surface area contributed by atoms with Crippen molar-refractivity contribution in [2.75, 3.05) is 54.1 Å². The van der Waals surface area contributed by atoms with Gasteiger partial charge in [0.25, 0.3) is 0 Å². The van der Waals surface area contributed by atoms with Crippen LogP contribution >= 0.6 is 0 Å². The van der Waals surface area contributed by atoms with Crippen LogP contribution in [0.5, 0.6) is 17.2 Å². The number of carbonyl (C=O) groups is 1. The summed E-state index contributed by atoms with van der Waals surface area (Å²) in [5.74, 6) is 0.790. The van der Waals surface area contributed by atoms with Crippen molar-refractivity contribution in [3.05, 3.63) is 47.5 Å². The van der Waals surface area contributed by atoms with Crippen LogP contribution in [0.25, 0.3) is 0 Å². The van der Waals surface area contributed by atoms with Crippen LogP contribution < -0.4 is 14.2 Å². The summed E-state index contributed by atoms with van der Waals surface area (Å²) in [4.78, 5) is 12.3. The first-order valence-corrected chi connectivity index (χ1v) is 12.8. The number of carbonyl (C=O) groups excluding carboxylic acids is 1. The third-order valence-corrected chi connectivity index (χ3v) is 6.89. The molecule has 0 atom stereocenters. The third kappa shape index (κ3) is 8.41. The molecule has 0 fully saturated rings. The summed E-state index contributed by atoms with van der Waals surface area (Å²) in [6, 6.07) is 9.08. The Hall–Kier alpha value is -2.82. The molecule has 2 aromatic rings. The fraction of sp³-hybridized carbons (Fsp3) is 0.480. The van der Waals surface area contributed by atoms with Crippen LogP contribution in [0.4, 0.5) is 0 Å². The maximum atomic E-state index is 12.4. The van der Waals surface area contributed by atoms with Gasteiger partial charge in [0, 0.05) is 0 Å². The van der Waals surface area contributed by atoms with E-state index in [4.69, 9.17) is 18.9 Å². The molecule has 0 amide bonds. The van der Waals surface area contributed by atoms with Crippen LogP contribution in [0.3, 0.4) is 0 Å². The number of ether oxygens (including phenoxy) is 4. The van der Waals surface area contributed by atoms with Gasteiger partial charge >= 0.3 is 5.97 Å². The van der Waals surface area contributed by atoms with Crippen molar-refractivity contribution < 1.29 is 41.2 Å². The second kappa shape index (κ2) is 13.9. The highest BCUT2D eigenvalue weighted by Crippen LogP contribution is 2.39. The Morgan fingerprint density at radius 3 is 1.83 bits per heavy atom. The lowest BCUT2D eigenvalue weighted by Crippen LogP contribution is -2.49. The SMILES string of the molecule is CC[N+](CC)(CC)CCOC(=O)c1ccc(OC)c(OC)c1OC.Cc1ccc(S(=O)(=O)[O-])cc1. The number of rotatable bonds is 11. The molecule has 2 rings (SSSR count). The average Bonchev–Trinajstić information content (AvgIpc) is 2.85. The van der Waals surface area contributed by atoms with Gasteiger partial charge in [-0.05, 0) is 52.0 Å². The van der Waals surface area contributed by atoms with Crippen molar-refractivity contribution in [2.24, 2.45) is 0 Å². The molecule has 0 spiro atoms. The van der Waals surface area contributed by atoms with Crippen LogP contribution in [-0.2, 0) is 14.9 Å². The molecule has 0 aliphatic carbocycles. The Labute approximate surface area is 208 Å². The lowest BCUT2D eigenvalue weighted by molar-refractivity contribution is -0.923. The monoisotopic (exact) mass is 511 g/mol. The van der Waals surface area contributed by atoms with E-state index in [2.05, 4.69) is 20.8 Å². The minimum atomic E-state index is -4.27. The van der Waals surface area contributed by atoms with Gasteiger partial charge in [0.1, 0.15) is 28.8 Å². The average molecular weight is 512 g/mol. The largest absolute Gasteiger partial charge is 0.744 e. The van der Waals surface area contributed by atoms with Gasteiger partial charge in [0.2, 0.25) is 5.75 Å². The smallest absolute Gasteiger partial charge is 0.342 e. The number of hydrogen-bond donors (Lipinski definition) is 0. The molecular formula is C25H37NO8S. The zero-order valence-corrected chi connectivity index (χ0v) is 22.4. The first-order chi connectivity index (χ1) is 16.5. The van der Waals surface area contributed by atoms with Gasteiger partial charge < -0.3 is 28.0 Å². The highest BCUT2D eigenvalue weighted by atomic mass is 32.2. The Morgan fingerprint density at radius 2 is 1.40 bits per heavy atom. The van der Waals surface area contributed by atoms with Crippen molar-refractivity contribution in [3.8, 4) is 17.2 Å². The molecule has 35 heavy (non-hydrogen) atoms. The molecule has 0 aliphatic rings. The number of benzene rings is 2. The normalized spacial score (nSPS) is 11.2. The molecule has 0 aromatic heterocycles. The zero-order valence-electron chi connectivity index (χ0n) is 21.6. The van der Waals surface area contributed by atoms with Gasteiger partial charge in [-0.3, -0.25) is 0 Å². The van der Waals surface area contributed by atoms with Crippen LogP contribution in [0.1, 0.15) is 36.7 Å². The summed E-state index contributed by atoms with van der Waals surface area (Å²) in [5.41, 5.74) is 1.26. The third-order valence-electron chi connectivity index (χ3n) is 6.05. The lowest BCUT2D eigenvalue weighted by Gasteiger charge is -2.35. The van der Waals surface area contributed by atoms with Crippen LogP contribution in [0.2, 0.25) is 0 Å². The minimum Gasteiger partial charge on any atom is -0.744 e. The Bertz CT molecular complexity index is 1040. The van der Waals surface area contributed by atoms with E-state index in [1.165, 1.54) is 33.5 Å². The molecule has 0 N–H and O–H groups in total. The minimum absolute atomic E-state index is 0.178. The summed E-state index contributed by atoms with van der Waals surface area (Å²) >= 11 is 0. The fourth-order valence-electron chi connectivity index (χ4n) is 3.52. The van der Waals surface area contributed by atoms with Crippen LogP contribution in [0, 0.1) is 6.92 Å². The zero-order chi connectivity index (χ0) is 26.6. The van der Waals surface area contributed by atoms with Crippen molar-refractivity contribution in [1.29, 1.82) is 0 Å². The highest BCUT2D eigenvalue weighted by molar-refractivity contribution is 7.85. The maximum absolute atomic E-state index is 12.4. The van der Waals surface area contributed by atoms with Crippen molar-refractivity contribution in [3.63, 3.8) is 0 Å². The molecule has 9 nitrogen and oxygen atoms in total. The summed E-state index contributed by atoms with van der Waals surface area (Å²) in [6.07, 6.45) is 0. The van der Waals surface area contributed by atoms with Gasteiger partial charge in [-0.2, -0.15) is 0 Å². The second-order valence-corrected chi connectivity index (χ2v) is 9.18. The number of likely N-dealkylation sites (N-methyl/N-ethyl adjacent to an activating group) is 1. The Kier molecular flexibility index (Phi) is 12.0. The van der Waals surface area contributed by atoms with Crippen molar-refractivity contribution in [2.45, 2.75) is 32.6 Å². The number of esters is 1. The van der Waals surface area contributed by atoms with E-state index in [9.17, 15) is 17.8 Å². The predicted molar refractivity (Wildman–Crippen MR) is 132 cm³/mol. The van der Waals surface area contributed by atoms with E-state index < -0.39 is 16.1 Å². The standard InChI is InChI=1S/C18H30NO5.C7H8O3S/c1-7-19(8-2,9-3)12-13-24-18(20)14-10-11-15(21-4)17(23-6)16(14)22-5;1-6-2-4-7(5-3-6)11(8,9)10/h10-11H,7-9,12-13H2,1-6H3;2-5H,1H3,(H,8,9,10)/q+1;/p-1. The molecule has 0 unspecified atom stereocenters.